The van der Waals surface area contributed by atoms with E-state index >= 15 is 0 Å². The quantitative estimate of drug-likeness (QED) is 0.645. The van der Waals surface area contributed by atoms with Crippen LogP contribution < -0.4 is 5.32 Å². The van der Waals surface area contributed by atoms with Gasteiger partial charge in [-0.1, -0.05) is 11.6 Å². The molecule has 2 N–H and O–H groups in total. The van der Waals surface area contributed by atoms with Crippen molar-refractivity contribution >= 4 is 29.2 Å². The zero-order valence-electron chi connectivity index (χ0n) is 10.6. The van der Waals surface area contributed by atoms with E-state index in [0.29, 0.717) is 5.02 Å². The molecule has 0 bridgehead atoms. The van der Waals surface area contributed by atoms with Crippen LogP contribution in [0.15, 0.2) is 18.2 Å². The summed E-state index contributed by atoms with van der Waals surface area (Å²) in [6.45, 7) is 3.36. The molecule has 1 aromatic rings. The molecule has 102 valence electrons. The second-order valence-electron chi connectivity index (χ2n) is 4.98. The van der Waals surface area contributed by atoms with Crippen molar-refractivity contribution in [3.05, 3.63) is 23.2 Å². The number of carbonyl (C=O) groups is 2. The predicted molar refractivity (Wildman–Crippen MR) is 70.0 cm³/mol. The minimum atomic E-state index is -0.852. The number of phenolic OH excluding ortho intramolecular Hbond substituents is 1. The Bertz CT molecular complexity index is 541. The number of nitrogens with one attached hydrogen (secondary N) is 1. The molecule has 0 unspecified atom stereocenters. The number of halogens is 1. The maximum absolute atomic E-state index is 12.1. The van der Waals surface area contributed by atoms with Gasteiger partial charge < -0.3 is 15.2 Å². The van der Waals surface area contributed by atoms with Crippen LogP contribution in [0.1, 0.15) is 20.3 Å². The lowest BCUT2D eigenvalue weighted by molar-refractivity contribution is -0.147. The highest BCUT2D eigenvalue weighted by atomic mass is 35.5. The molecule has 1 saturated heterocycles. The zero-order valence-corrected chi connectivity index (χ0v) is 11.3. The zero-order chi connectivity index (χ0) is 14.2. The van der Waals surface area contributed by atoms with Crippen LogP contribution in [0.2, 0.25) is 5.02 Å². The summed E-state index contributed by atoms with van der Waals surface area (Å²) in [4.78, 5) is 23.4. The number of ether oxygens (including phenoxy) is 1. The van der Waals surface area contributed by atoms with Crippen LogP contribution in [0.4, 0.5) is 5.69 Å². The van der Waals surface area contributed by atoms with E-state index in [4.69, 9.17) is 16.3 Å². The molecule has 0 saturated carbocycles. The molecule has 6 heteroatoms. The lowest BCUT2D eigenvalue weighted by Crippen LogP contribution is -2.36. The fourth-order valence-corrected chi connectivity index (χ4v) is 2.23. The van der Waals surface area contributed by atoms with Crippen molar-refractivity contribution in [3.63, 3.8) is 0 Å². The number of carbonyl (C=O) groups excluding carboxylic acids is 2. The Morgan fingerprint density at radius 3 is 2.79 bits per heavy atom. The molecule has 0 aliphatic carbocycles. The Balaban J connectivity index is 2.17. The van der Waals surface area contributed by atoms with Gasteiger partial charge in [0, 0.05) is 5.02 Å². The molecule has 0 aromatic heterocycles. The molecule has 5 nitrogen and oxygen atoms in total. The van der Waals surface area contributed by atoms with Gasteiger partial charge in [0.2, 0.25) is 5.91 Å². The summed E-state index contributed by atoms with van der Waals surface area (Å²) in [5, 5.41) is 12.6. The van der Waals surface area contributed by atoms with Gasteiger partial charge in [-0.2, -0.15) is 0 Å². The van der Waals surface area contributed by atoms with Crippen LogP contribution in [0.5, 0.6) is 5.75 Å². The molecule has 1 aliphatic heterocycles. The van der Waals surface area contributed by atoms with Gasteiger partial charge in [0.1, 0.15) is 11.4 Å². The molecule has 1 fully saturated rings. The first kappa shape index (κ1) is 13.7. The van der Waals surface area contributed by atoms with Crippen molar-refractivity contribution < 1.29 is 19.4 Å². The monoisotopic (exact) mass is 283 g/mol. The van der Waals surface area contributed by atoms with Gasteiger partial charge in [-0.25, -0.2) is 0 Å². The number of cyclic esters (lactones) is 1. The number of rotatable bonds is 2. The third-order valence-corrected chi connectivity index (χ3v) is 3.35. The number of phenols is 1. The normalized spacial score (nSPS) is 21.0. The molecule has 0 radical (unpaired) electrons. The number of benzene rings is 1. The summed E-state index contributed by atoms with van der Waals surface area (Å²) in [5.41, 5.74) is -0.636. The first-order chi connectivity index (χ1) is 8.79. The number of anilines is 1. The van der Waals surface area contributed by atoms with Crippen molar-refractivity contribution in [2.75, 3.05) is 5.32 Å². The molecule has 1 heterocycles. The average Bonchev–Trinajstić information content (AvgIpc) is 2.57. The van der Waals surface area contributed by atoms with Crippen LogP contribution in [-0.2, 0) is 14.3 Å². The van der Waals surface area contributed by atoms with E-state index in [1.807, 2.05) is 0 Å². The van der Waals surface area contributed by atoms with Gasteiger partial charge in [-0.05, 0) is 32.0 Å². The molecular weight excluding hydrogens is 270 g/mol. The van der Waals surface area contributed by atoms with Crippen LogP contribution in [0, 0.1) is 5.92 Å². The van der Waals surface area contributed by atoms with Crippen LogP contribution in [0.25, 0.3) is 0 Å². The number of hydrogen-bond donors (Lipinski definition) is 2. The highest BCUT2D eigenvalue weighted by Gasteiger charge is 2.46. The number of aromatic hydroxyl groups is 1. The molecule has 19 heavy (non-hydrogen) atoms. The summed E-state index contributed by atoms with van der Waals surface area (Å²) in [5.74, 6) is -1.46. The summed E-state index contributed by atoms with van der Waals surface area (Å²) in [6, 6.07) is 4.34. The third kappa shape index (κ3) is 2.81. The minimum Gasteiger partial charge on any atom is -0.506 e. The molecule has 1 aromatic carbocycles. The number of hydrogen-bond acceptors (Lipinski definition) is 4. The smallest absolute Gasteiger partial charge is 0.307 e. The van der Waals surface area contributed by atoms with Gasteiger partial charge in [0.05, 0.1) is 18.0 Å². The lowest BCUT2D eigenvalue weighted by Gasteiger charge is -2.23. The van der Waals surface area contributed by atoms with Crippen molar-refractivity contribution in [3.8, 4) is 5.75 Å². The summed E-state index contributed by atoms with van der Waals surface area (Å²) >= 11 is 5.80. The molecule has 2 rings (SSSR count). The molecule has 1 atom stereocenters. The van der Waals surface area contributed by atoms with E-state index in [-0.39, 0.29) is 23.8 Å². The molecule has 0 spiro atoms. The minimum absolute atomic E-state index is 0.0279. The average molecular weight is 284 g/mol. The second-order valence-corrected chi connectivity index (χ2v) is 5.42. The fraction of sp³-hybridized carbons (Fsp3) is 0.385. The van der Waals surface area contributed by atoms with E-state index in [9.17, 15) is 14.7 Å². The maximum atomic E-state index is 12.1. The van der Waals surface area contributed by atoms with E-state index in [1.165, 1.54) is 18.2 Å². The maximum Gasteiger partial charge on any atom is 0.307 e. The van der Waals surface area contributed by atoms with Crippen LogP contribution >= 0.6 is 11.6 Å². The second kappa shape index (κ2) is 4.74. The van der Waals surface area contributed by atoms with E-state index in [2.05, 4.69) is 5.32 Å². The van der Waals surface area contributed by atoms with Gasteiger partial charge in [0.25, 0.3) is 0 Å². The van der Waals surface area contributed by atoms with E-state index in [0.717, 1.165) is 0 Å². The highest BCUT2D eigenvalue weighted by molar-refractivity contribution is 6.31. The first-order valence-corrected chi connectivity index (χ1v) is 6.18. The highest BCUT2D eigenvalue weighted by Crippen LogP contribution is 2.34. The van der Waals surface area contributed by atoms with Crippen LogP contribution in [0.3, 0.4) is 0 Å². The van der Waals surface area contributed by atoms with E-state index < -0.39 is 17.5 Å². The Labute approximate surface area is 115 Å². The standard InChI is InChI=1S/C13H14ClNO4/c1-13(2)8(6-11(17)19-13)12(18)15-9-5-7(14)3-4-10(9)16/h3-5,8,16H,6H2,1-2H3,(H,15,18)/t8-/m1/s1. The largest absolute Gasteiger partial charge is 0.506 e. The van der Waals surface area contributed by atoms with Gasteiger partial charge in [0.15, 0.2) is 0 Å². The molecule has 1 aliphatic rings. The number of amides is 1. The Morgan fingerprint density at radius 2 is 2.21 bits per heavy atom. The first-order valence-electron chi connectivity index (χ1n) is 5.81. The van der Waals surface area contributed by atoms with Gasteiger partial charge >= 0.3 is 5.97 Å². The summed E-state index contributed by atoms with van der Waals surface area (Å²) in [6.07, 6.45) is 0.0279. The van der Waals surface area contributed by atoms with Crippen molar-refractivity contribution in [2.45, 2.75) is 25.9 Å². The Kier molecular flexibility index (Phi) is 3.41. The Hall–Kier alpha value is -1.75. The molecule has 1 amide bonds. The van der Waals surface area contributed by atoms with Gasteiger partial charge in [-0.15, -0.1) is 0 Å². The van der Waals surface area contributed by atoms with Crippen LogP contribution in [-0.4, -0.2) is 22.6 Å². The lowest BCUT2D eigenvalue weighted by atomic mass is 9.90. The number of esters is 1. The van der Waals surface area contributed by atoms with Crippen molar-refractivity contribution in [1.82, 2.24) is 0 Å². The summed E-state index contributed by atoms with van der Waals surface area (Å²) < 4.78 is 5.09. The SMILES string of the molecule is CC1(C)OC(=O)C[C@@H]1C(=O)Nc1cc(Cl)ccc1O. The van der Waals surface area contributed by atoms with Crippen molar-refractivity contribution in [2.24, 2.45) is 5.92 Å². The predicted octanol–water partition coefficient (Wildman–Crippen LogP) is 2.33. The van der Waals surface area contributed by atoms with Gasteiger partial charge in [-0.3, -0.25) is 9.59 Å². The molecular formula is C13H14ClNO4. The van der Waals surface area contributed by atoms with Crippen molar-refractivity contribution in [1.29, 1.82) is 0 Å². The fourth-order valence-electron chi connectivity index (χ4n) is 2.06. The Morgan fingerprint density at radius 1 is 1.53 bits per heavy atom. The topological polar surface area (TPSA) is 75.6 Å². The van der Waals surface area contributed by atoms with E-state index in [1.54, 1.807) is 13.8 Å². The third-order valence-electron chi connectivity index (χ3n) is 3.12. The summed E-state index contributed by atoms with van der Waals surface area (Å²) in [7, 11) is 0.